The van der Waals surface area contributed by atoms with Crippen LogP contribution in [0.1, 0.15) is 12.5 Å². The van der Waals surface area contributed by atoms with Crippen LogP contribution in [0.15, 0.2) is 52.9 Å². The zero-order valence-corrected chi connectivity index (χ0v) is 15.9. The molecule has 1 aromatic heterocycles. The molecule has 0 saturated heterocycles. The van der Waals surface area contributed by atoms with Gasteiger partial charge < -0.3 is 13.9 Å². The summed E-state index contributed by atoms with van der Waals surface area (Å²) in [7, 11) is 0. The fourth-order valence-corrected chi connectivity index (χ4v) is 3.30. The third-order valence-corrected chi connectivity index (χ3v) is 4.68. The summed E-state index contributed by atoms with van der Waals surface area (Å²) in [5.74, 6) is 2.14. The number of hydrogen-bond donors (Lipinski definition) is 0. The quantitative estimate of drug-likeness (QED) is 0.618. The number of nitrogens with zero attached hydrogens (tertiary/aromatic N) is 3. The number of aromatic nitrogens is 2. The molecule has 0 radical (unpaired) electrons. The molecule has 0 N–H and O–H groups in total. The molecule has 0 bridgehead atoms. The summed E-state index contributed by atoms with van der Waals surface area (Å²) in [5, 5.41) is 4.59. The first kappa shape index (κ1) is 17.8. The number of rotatable bonds is 5. The van der Waals surface area contributed by atoms with Crippen LogP contribution in [0.2, 0.25) is 0 Å². The first-order valence-corrected chi connectivity index (χ1v) is 9.38. The summed E-state index contributed by atoms with van der Waals surface area (Å²) in [5.41, 5.74) is 1.96. The average molecular weight is 383 g/mol. The molecule has 140 valence electrons. The van der Waals surface area contributed by atoms with Crippen molar-refractivity contribution in [1.82, 2.24) is 14.7 Å². The van der Waals surface area contributed by atoms with Crippen molar-refractivity contribution in [2.24, 2.45) is 0 Å². The Morgan fingerprint density at radius 1 is 1.15 bits per heavy atom. The second kappa shape index (κ2) is 7.94. The molecule has 2 heterocycles. The van der Waals surface area contributed by atoms with Crippen molar-refractivity contribution in [2.75, 3.05) is 19.8 Å². The van der Waals surface area contributed by atoms with E-state index in [-0.39, 0.29) is 0 Å². The van der Waals surface area contributed by atoms with Crippen molar-refractivity contribution in [3.8, 4) is 23.0 Å². The maximum atomic E-state index is 5.83. The minimum atomic E-state index is 0.342. The molecule has 1 aliphatic rings. The number of ether oxygens (including phenoxy) is 2. The molecule has 27 heavy (non-hydrogen) atoms. The normalized spacial score (nSPS) is 14.3. The molecule has 0 unspecified atom stereocenters. The van der Waals surface area contributed by atoms with E-state index in [1.54, 1.807) is 4.68 Å². The van der Waals surface area contributed by atoms with E-state index in [0.717, 1.165) is 35.7 Å². The summed E-state index contributed by atoms with van der Waals surface area (Å²) < 4.78 is 19.0. The van der Waals surface area contributed by atoms with Gasteiger partial charge in [0.1, 0.15) is 18.1 Å². The van der Waals surface area contributed by atoms with Gasteiger partial charge in [-0.05, 0) is 37.3 Å². The van der Waals surface area contributed by atoms with Gasteiger partial charge in [0.25, 0.3) is 10.7 Å². The van der Waals surface area contributed by atoms with Crippen LogP contribution >= 0.6 is 12.2 Å². The molecule has 3 aromatic rings. The lowest BCUT2D eigenvalue weighted by molar-refractivity contribution is 0.175. The molecule has 7 heteroatoms. The van der Waals surface area contributed by atoms with Crippen LogP contribution in [0.4, 0.5) is 0 Å². The lowest BCUT2D eigenvalue weighted by Gasteiger charge is -2.18. The van der Waals surface area contributed by atoms with Crippen LogP contribution in [0.25, 0.3) is 11.5 Å². The van der Waals surface area contributed by atoms with Gasteiger partial charge in [0.05, 0.1) is 18.8 Å². The molecule has 2 aromatic carbocycles. The van der Waals surface area contributed by atoms with Gasteiger partial charge in [0.15, 0.2) is 0 Å². The highest BCUT2D eigenvalue weighted by molar-refractivity contribution is 7.71. The smallest absolute Gasteiger partial charge is 0.288 e. The second-order valence-electron chi connectivity index (χ2n) is 6.25. The van der Waals surface area contributed by atoms with E-state index in [1.165, 1.54) is 0 Å². The maximum Gasteiger partial charge on any atom is 0.288 e. The van der Waals surface area contributed by atoms with Crippen LogP contribution in [0, 0.1) is 4.84 Å². The van der Waals surface area contributed by atoms with Gasteiger partial charge in [0.2, 0.25) is 0 Å². The minimum Gasteiger partial charge on any atom is -0.493 e. The first-order valence-electron chi connectivity index (χ1n) is 8.98. The minimum absolute atomic E-state index is 0.342. The molecule has 0 saturated carbocycles. The van der Waals surface area contributed by atoms with Crippen molar-refractivity contribution in [1.29, 1.82) is 0 Å². The zero-order valence-electron chi connectivity index (χ0n) is 15.1. The number of para-hydroxylation sites is 2. The highest BCUT2D eigenvalue weighted by atomic mass is 32.1. The van der Waals surface area contributed by atoms with E-state index in [1.807, 2.05) is 49.4 Å². The predicted molar refractivity (Wildman–Crippen MR) is 104 cm³/mol. The van der Waals surface area contributed by atoms with Crippen LogP contribution < -0.4 is 9.47 Å². The predicted octanol–water partition coefficient (Wildman–Crippen LogP) is 4.12. The molecule has 0 atom stereocenters. The topological polar surface area (TPSA) is 52.7 Å². The summed E-state index contributed by atoms with van der Waals surface area (Å²) in [6, 6.07) is 15.8. The van der Waals surface area contributed by atoms with Crippen molar-refractivity contribution in [3.63, 3.8) is 0 Å². The van der Waals surface area contributed by atoms with Gasteiger partial charge in [-0.1, -0.05) is 30.3 Å². The van der Waals surface area contributed by atoms with Gasteiger partial charge >= 0.3 is 0 Å². The number of hydrogen-bond acceptors (Lipinski definition) is 6. The summed E-state index contributed by atoms with van der Waals surface area (Å²) in [6.07, 6.45) is 0. The Hall–Kier alpha value is -2.64. The summed E-state index contributed by atoms with van der Waals surface area (Å²) in [6.45, 7) is 5.25. The molecule has 0 aliphatic carbocycles. The van der Waals surface area contributed by atoms with Gasteiger partial charge in [-0.2, -0.15) is 0 Å². The van der Waals surface area contributed by atoms with Crippen LogP contribution in [-0.2, 0) is 13.2 Å². The van der Waals surface area contributed by atoms with Gasteiger partial charge in [-0.3, -0.25) is 4.90 Å². The average Bonchev–Trinajstić information content (AvgIpc) is 2.91. The SMILES string of the molecule is CCOc1ccccc1-c1nn(CN2CCOc3ccccc3C2)c(=S)o1. The third-order valence-electron chi connectivity index (χ3n) is 4.39. The first-order chi connectivity index (χ1) is 13.2. The number of benzene rings is 2. The standard InChI is InChI=1S/C20H21N3O3S/c1-2-24-18-10-6-4-8-16(18)19-21-23(20(27)26-19)14-22-11-12-25-17-9-5-3-7-15(17)13-22/h3-10H,2,11-14H2,1H3. The van der Waals surface area contributed by atoms with E-state index < -0.39 is 0 Å². The Morgan fingerprint density at radius 2 is 1.96 bits per heavy atom. The molecule has 6 nitrogen and oxygen atoms in total. The summed E-state index contributed by atoms with van der Waals surface area (Å²) in [4.78, 5) is 2.58. The van der Waals surface area contributed by atoms with Crippen molar-refractivity contribution < 1.29 is 13.9 Å². The molecular formula is C20H21N3O3S. The summed E-state index contributed by atoms with van der Waals surface area (Å²) >= 11 is 5.40. The Kier molecular flexibility index (Phi) is 5.22. The Balaban J connectivity index is 1.57. The van der Waals surface area contributed by atoms with E-state index in [4.69, 9.17) is 26.1 Å². The van der Waals surface area contributed by atoms with E-state index in [0.29, 0.717) is 30.6 Å². The lowest BCUT2D eigenvalue weighted by atomic mass is 10.2. The fourth-order valence-electron chi connectivity index (χ4n) is 3.12. The van der Waals surface area contributed by atoms with E-state index in [9.17, 15) is 0 Å². The monoisotopic (exact) mass is 383 g/mol. The Morgan fingerprint density at radius 3 is 2.85 bits per heavy atom. The van der Waals surface area contributed by atoms with Crippen molar-refractivity contribution in [2.45, 2.75) is 20.1 Å². The molecular weight excluding hydrogens is 362 g/mol. The van der Waals surface area contributed by atoms with Gasteiger partial charge in [-0.15, -0.1) is 5.10 Å². The van der Waals surface area contributed by atoms with Crippen molar-refractivity contribution >= 4 is 12.2 Å². The van der Waals surface area contributed by atoms with Gasteiger partial charge in [0, 0.05) is 18.7 Å². The van der Waals surface area contributed by atoms with Crippen molar-refractivity contribution in [3.05, 3.63) is 58.9 Å². The second-order valence-corrected chi connectivity index (χ2v) is 6.60. The fraction of sp³-hybridized carbons (Fsp3) is 0.300. The lowest BCUT2D eigenvalue weighted by Crippen LogP contribution is -2.28. The zero-order chi connectivity index (χ0) is 18.6. The Bertz CT molecular complexity index is 982. The van der Waals surface area contributed by atoms with Crippen LogP contribution in [0.5, 0.6) is 11.5 Å². The highest BCUT2D eigenvalue weighted by Gasteiger charge is 2.18. The van der Waals surface area contributed by atoms with Crippen LogP contribution in [0.3, 0.4) is 0 Å². The van der Waals surface area contributed by atoms with E-state index in [2.05, 4.69) is 16.1 Å². The molecule has 4 rings (SSSR count). The molecule has 0 spiro atoms. The van der Waals surface area contributed by atoms with E-state index >= 15 is 0 Å². The largest absolute Gasteiger partial charge is 0.493 e. The molecule has 0 amide bonds. The number of fused-ring (bicyclic) bond motifs is 1. The molecule has 0 fully saturated rings. The Labute approximate surface area is 162 Å². The van der Waals surface area contributed by atoms with Crippen LogP contribution in [-0.4, -0.2) is 34.4 Å². The van der Waals surface area contributed by atoms with Gasteiger partial charge in [-0.25, -0.2) is 4.68 Å². The maximum absolute atomic E-state index is 5.83. The molecule has 1 aliphatic heterocycles. The third kappa shape index (κ3) is 3.89. The highest BCUT2D eigenvalue weighted by Crippen LogP contribution is 2.29.